The molecule has 0 atom stereocenters. The summed E-state index contributed by atoms with van der Waals surface area (Å²) in [6.07, 6.45) is 9.11. The molecular weight excluding hydrogens is 428 g/mol. The average molecular weight is 442 g/mol. The highest BCUT2D eigenvalue weighted by Crippen LogP contribution is 1.97. The summed E-state index contributed by atoms with van der Waals surface area (Å²) in [6, 6.07) is 7.72. The number of pyridine rings is 2. The highest BCUT2D eigenvalue weighted by Gasteiger charge is 2.04. The third-order valence-electron chi connectivity index (χ3n) is 2.43. The number of oxime groups is 1. The molecule has 2 aromatic rings. The predicted molar refractivity (Wildman–Crippen MR) is 76.5 cm³/mol. The second-order valence-electron chi connectivity index (χ2n) is 3.89. The van der Waals surface area contributed by atoms with Gasteiger partial charge in [-0.1, -0.05) is 5.16 Å². The predicted octanol–water partition coefficient (Wildman–Crippen LogP) is -4.69. The Morgan fingerprint density at radius 1 is 1.10 bits per heavy atom. The van der Waals surface area contributed by atoms with E-state index in [1.807, 2.05) is 58.2 Å². The van der Waals surface area contributed by atoms with Gasteiger partial charge in [0.25, 0.3) is 13.5 Å². The van der Waals surface area contributed by atoms with Gasteiger partial charge in [0.1, 0.15) is 0 Å². The van der Waals surface area contributed by atoms with Crippen LogP contribution in [0.3, 0.4) is 0 Å². The van der Waals surface area contributed by atoms with Gasteiger partial charge in [0, 0.05) is 23.8 Å². The van der Waals surface area contributed by atoms with Crippen LogP contribution >= 0.6 is 22.6 Å². The quantitative estimate of drug-likeness (QED) is 0.167. The molecule has 0 unspecified atom stereocenters. The molecule has 21 heavy (non-hydrogen) atoms. The smallest absolute Gasteiger partial charge is 0.257 e. The molecule has 2 rings (SSSR count). The van der Waals surface area contributed by atoms with Crippen LogP contribution < -0.4 is 33.9 Å². The lowest BCUT2D eigenvalue weighted by Gasteiger charge is -1.98. The number of aromatic nitrogens is 2. The summed E-state index contributed by atoms with van der Waals surface area (Å²) in [5.74, 6) is 0. The molecule has 0 amide bonds. The molecule has 5 nitrogen and oxygen atoms in total. The van der Waals surface area contributed by atoms with Crippen molar-refractivity contribution >= 4 is 28.8 Å². The van der Waals surface area contributed by atoms with Crippen LogP contribution in [-0.2, 0) is 18.2 Å². The topological polar surface area (TPSA) is 49.6 Å². The summed E-state index contributed by atoms with van der Waals surface area (Å²) < 4.78 is 10.7. The third kappa shape index (κ3) is 7.03. The molecule has 114 valence electrons. The molecule has 0 aliphatic heterocycles. The number of halogens is 3. The molecule has 1 N–H and O–H groups in total. The Balaban J connectivity index is 0.00000200. The first-order valence-corrected chi connectivity index (χ1v) is 6.75. The Bertz CT molecular complexity index is 568. The van der Waals surface area contributed by atoms with Crippen molar-refractivity contribution < 1.29 is 43.9 Å². The number of hydrogen-bond donors (Lipinski definition) is 1. The lowest BCUT2D eigenvalue weighted by Crippen LogP contribution is -3.00. The number of rotatable bonds is 5. The molecule has 0 aromatic carbocycles. The normalized spacial score (nSPS) is 9.95. The van der Waals surface area contributed by atoms with Gasteiger partial charge in [0.05, 0.1) is 9.78 Å². The van der Waals surface area contributed by atoms with Gasteiger partial charge in [-0.2, -0.15) is 9.13 Å². The molecule has 0 saturated carbocycles. The molecule has 8 heteroatoms. The number of nitrogens with zero attached hydrogens (tertiary/aromatic N) is 3. The zero-order chi connectivity index (χ0) is 13.5. The van der Waals surface area contributed by atoms with E-state index in [4.69, 9.17) is 9.94 Å². The largest absolute Gasteiger partial charge is 1.00 e. The lowest BCUT2D eigenvalue weighted by atomic mass is 10.3. The van der Waals surface area contributed by atoms with Crippen LogP contribution in [0.4, 0.5) is 0 Å². The van der Waals surface area contributed by atoms with Gasteiger partial charge in [-0.3, -0.25) is 4.74 Å². The van der Waals surface area contributed by atoms with Gasteiger partial charge < -0.3 is 30.0 Å². The van der Waals surface area contributed by atoms with E-state index in [0.29, 0.717) is 13.5 Å². The number of ether oxygens (including phenoxy) is 1. The maximum Gasteiger partial charge on any atom is 0.257 e. The Labute approximate surface area is 149 Å². The standard InChI is InChI=1S/C13H13IN3O2.2ClH/c14-13-2-1-5-17(9-13)11-19-10-16-6-3-12(4-7-16)8-15-18;;/h1-9H,10-11H2;2*1H/q+1;;/p-1. The van der Waals surface area contributed by atoms with Crippen LogP contribution in [0.5, 0.6) is 0 Å². The van der Waals surface area contributed by atoms with E-state index in [9.17, 15) is 0 Å². The zero-order valence-corrected chi connectivity index (χ0v) is 14.6. The first kappa shape index (κ1) is 20.0. The Kier molecular flexibility index (Phi) is 10.2. The Morgan fingerprint density at radius 3 is 2.38 bits per heavy atom. The molecule has 0 aliphatic carbocycles. The van der Waals surface area contributed by atoms with Gasteiger partial charge in [0.15, 0.2) is 24.8 Å². The molecule has 0 aliphatic rings. The van der Waals surface area contributed by atoms with E-state index in [-0.39, 0.29) is 24.8 Å². The second-order valence-corrected chi connectivity index (χ2v) is 5.13. The van der Waals surface area contributed by atoms with E-state index in [1.54, 1.807) is 0 Å². The van der Waals surface area contributed by atoms with Crippen LogP contribution in [0.25, 0.3) is 0 Å². The van der Waals surface area contributed by atoms with E-state index in [2.05, 4.69) is 27.7 Å². The SMILES string of the molecule is ON=Cc1cc[n+](COC[n+]2cccc(I)c2)cc1.[Cl-].[Cl-]. The molecular formula is C13H14Cl2IN3O2. The van der Waals surface area contributed by atoms with Crippen LogP contribution in [0.2, 0.25) is 0 Å². The summed E-state index contributed by atoms with van der Waals surface area (Å²) in [5, 5.41) is 11.4. The fraction of sp³-hybridized carbons (Fsp3) is 0.154. The average Bonchev–Trinajstić information content (AvgIpc) is 2.41. The summed E-state index contributed by atoms with van der Waals surface area (Å²) in [4.78, 5) is 0. The minimum Gasteiger partial charge on any atom is -1.00 e. The van der Waals surface area contributed by atoms with Crippen molar-refractivity contribution in [3.05, 3.63) is 58.2 Å². The number of hydrogen-bond acceptors (Lipinski definition) is 3. The van der Waals surface area contributed by atoms with Crippen LogP contribution in [0.15, 0.2) is 54.2 Å². The van der Waals surface area contributed by atoms with Crippen molar-refractivity contribution in [2.75, 3.05) is 0 Å². The summed E-state index contributed by atoms with van der Waals surface area (Å²) >= 11 is 2.27. The summed E-state index contributed by atoms with van der Waals surface area (Å²) in [5.41, 5.74) is 0.839. The van der Waals surface area contributed by atoms with Gasteiger partial charge >= 0.3 is 0 Å². The van der Waals surface area contributed by atoms with Gasteiger partial charge in [0.2, 0.25) is 0 Å². The van der Waals surface area contributed by atoms with Crippen molar-refractivity contribution in [2.24, 2.45) is 5.16 Å². The molecule has 2 aromatic heterocycles. The van der Waals surface area contributed by atoms with Crippen molar-refractivity contribution in [3.63, 3.8) is 0 Å². The third-order valence-corrected chi connectivity index (χ3v) is 3.06. The minimum atomic E-state index is 0. The first-order valence-electron chi connectivity index (χ1n) is 5.67. The van der Waals surface area contributed by atoms with Crippen LogP contribution in [0.1, 0.15) is 5.56 Å². The maximum absolute atomic E-state index is 8.41. The monoisotopic (exact) mass is 441 g/mol. The lowest BCUT2D eigenvalue weighted by molar-refractivity contribution is -0.788. The Morgan fingerprint density at radius 2 is 1.76 bits per heavy atom. The molecule has 0 radical (unpaired) electrons. The van der Waals surface area contributed by atoms with E-state index >= 15 is 0 Å². The maximum atomic E-state index is 8.41. The minimum absolute atomic E-state index is 0. The van der Waals surface area contributed by atoms with Gasteiger partial charge in [-0.25, -0.2) is 0 Å². The van der Waals surface area contributed by atoms with Crippen molar-refractivity contribution in [1.29, 1.82) is 0 Å². The van der Waals surface area contributed by atoms with Crippen LogP contribution in [0, 0.1) is 3.57 Å². The van der Waals surface area contributed by atoms with E-state index in [0.717, 1.165) is 5.56 Å². The molecule has 0 saturated heterocycles. The van der Waals surface area contributed by atoms with Gasteiger partial charge in [-0.15, -0.1) is 0 Å². The van der Waals surface area contributed by atoms with Crippen molar-refractivity contribution in [2.45, 2.75) is 13.5 Å². The molecule has 0 bridgehead atoms. The van der Waals surface area contributed by atoms with Crippen molar-refractivity contribution in [1.82, 2.24) is 0 Å². The van der Waals surface area contributed by atoms with Crippen molar-refractivity contribution in [3.8, 4) is 0 Å². The summed E-state index contributed by atoms with van der Waals surface area (Å²) in [6.45, 7) is 0.971. The highest BCUT2D eigenvalue weighted by atomic mass is 127. The highest BCUT2D eigenvalue weighted by molar-refractivity contribution is 14.1. The molecule has 0 fully saturated rings. The van der Waals surface area contributed by atoms with E-state index in [1.165, 1.54) is 9.78 Å². The van der Waals surface area contributed by atoms with Gasteiger partial charge in [-0.05, 0) is 28.7 Å². The molecule has 2 heterocycles. The first-order chi connectivity index (χ1) is 9.28. The fourth-order valence-corrected chi connectivity index (χ4v) is 2.09. The van der Waals surface area contributed by atoms with Crippen LogP contribution in [-0.4, -0.2) is 11.4 Å². The fourth-order valence-electron chi connectivity index (χ4n) is 1.53. The zero-order valence-electron chi connectivity index (χ0n) is 10.9. The second kappa shape index (κ2) is 10.7. The summed E-state index contributed by atoms with van der Waals surface area (Å²) in [7, 11) is 0. The molecule has 0 spiro atoms. The Hall–Kier alpha value is -0.960. The van der Waals surface area contributed by atoms with E-state index < -0.39 is 0 Å².